The maximum absolute atomic E-state index is 12.5. The van der Waals surface area contributed by atoms with E-state index in [4.69, 9.17) is 21.8 Å². The Morgan fingerprint density at radius 1 is 1.29 bits per heavy atom. The molecule has 0 saturated heterocycles. The van der Waals surface area contributed by atoms with Crippen molar-refractivity contribution in [3.8, 4) is 0 Å². The second-order valence-corrected chi connectivity index (χ2v) is 5.96. The molecule has 0 aliphatic carbocycles. The van der Waals surface area contributed by atoms with Gasteiger partial charge in [-0.2, -0.15) is 0 Å². The van der Waals surface area contributed by atoms with Crippen molar-refractivity contribution in [1.29, 1.82) is 0 Å². The lowest BCUT2D eigenvalue weighted by molar-refractivity contribution is -0.131. The van der Waals surface area contributed by atoms with Gasteiger partial charge in [0.05, 0.1) is 19.0 Å². The molecule has 0 aliphatic rings. The molecule has 24 heavy (non-hydrogen) atoms. The van der Waals surface area contributed by atoms with Crippen LogP contribution in [-0.2, 0) is 11.3 Å². The Kier molecular flexibility index (Phi) is 5.87. The number of carbonyl (C=O) groups is 2. The first kappa shape index (κ1) is 17.9. The van der Waals surface area contributed by atoms with E-state index in [-0.39, 0.29) is 12.3 Å². The fourth-order valence-corrected chi connectivity index (χ4v) is 2.66. The van der Waals surface area contributed by atoms with Crippen LogP contribution in [0.25, 0.3) is 0 Å². The van der Waals surface area contributed by atoms with Crippen LogP contribution < -0.4 is 11.1 Å². The second-order valence-electron chi connectivity index (χ2n) is 5.55. The third-order valence-electron chi connectivity index (χ3n) is 3.59. The number of nitrogens with two attached hydrogens (primary N) is 1. The number of nitrogens with zero attached hydrogens (tertiary/aromatic N) is 1. The van der Waals surface area contributed by atoms with Crippen molar-refractivity contribution in [3.05, 3.63) is 58.5 Å². The van der Waals surface area contributed by atoms with Gasteiger partial charge in [-0.05, 0) is 30.7 Å². The number of carbonyl (C=O) groups excluding carboxylic acids is 2. The van der Waals surface area contributed by atoms with Gasteiger partial charge in [-0.15, -0.1) is 0 Å². The molecule has 7 heteroatoms. The summed E-state index contributed by atoms with van der Waals surface area (Å²) in [5.41, 5.74) is 5.87. The lowest BCUT2D eigenvalue weighted by atomic mass is 10.0. The Morgan fingerprint density at radius 3 is 2.58 bits per heavy atom. The SMILES string of the molecule is Cc1ccc(CN(C)C(=O)CC(NC(N)=O)c2ccccc2Cl)o1. The van der Waals surface area contributed by atoms with Gasteiger partial charge in [0.1, 0.15) is 11.5 Å². The summed E-state index contributed by atoms with van der Waals surface area (Å²) in [5, 5.41) is 3.04. The fraction of sp³-hybridized carbons (Fsp3) is 0.294. The Morgan fingerprint density at radius 2 is 2.00 bits per heavy atom. The van der Waals surface area contributed by atoms with Crippen LogP contribution in [0.5, 0.6) is 0 Å². The van der Waals surface area contributed by atoms with Gasteiger partial charge in [0.25, 0.3) is 0 Å². The quantitative estimate of drug-likeness (QED) is 0.840. The highest BCUT2D eigenvalue weighted by molar-refractivity contribution is 6.31. The number of halogens is 1. The summed E-state index contributed by atoms with van der Waals surface area (Å²) in [6, 6.07) is 9.39. The van der Waals surface area contributed by atoms with Crippen LogP contribution in [0.2, 0.25) is 5.02 Å². The second kappa shape index (κ2) is 7.88. The summed E-state index contributed by atoms with van der Waals surface area (Å²) in [6.45, 7) is 2.19. The number of hydrogen-bond acceptors (Lipinski definition) is 3. The normalized spacial score (nSPS) is 11.8. The minimum atomic E-state index is -0.711. The number of benzene rings is 1. The highest BCUT2D eigenvalue weighted by Gasteiger charge is 2.22. The molecule has 0 spiro atoms. The van der Waals surface area contributed by atoms with Gasteiger partial charge >= 0.3 is 6.03 Å². The molecule has 1 unspecified atom stereocenters. The number of primary amides is 1. The van der Waals surface area contributed by atoms with Gasteiger partial charge < -0.3 is 20.4 Å². The van der Waals surface area contributed by atoms with E-state index in [2.05, 4.69) is 5.32 Å². The summed E-state index contributed by atoms with van der Waals surface area (Å²) in [5.74, 6) is 1.32. The lowest BCUT2D eigenvalue weighted by Crippen LogP contribution is -2.37. The molecule has 2 aromatic rings. The average Bonchev–Trinajstić information content (AvgIpc) is 2.91. The van der Waals surface area contributed by atoms with Crippen LogP contribution in [0.1, 0.15) is 29.5 Å². The predicted molar refractivity (Wildman–Crippen MR) is 91.4 cm³/mol. The monoisotopic (exact) mass is 349 g/mol. The van der Waals surface area contributed by atoms with E-state index in [1.807, 2.05) is 19.1 Å². The molecular weight excluding hydrogens is 330 g/mol. The first-order chi connectivity index (χ1) is 11.4. The number of nitrogens with one attached hydrogen (secondary N) is 1. The third-order valence-corrected chi connectivity index (χ3v) is 3.93. The first-order valence-electron chi connectivity index (χ1n) is 7.46. The van der Waals surface area contributed by atoms with E-state index in [0.29, 0.717) is 22.9 Å². The summed E-state index contributed by atoms with van der Waals surface area (Å²) in [6.07, 6.45) is 0.0445. The molecule has 2 rings (SSSR count). The van der Waals surface area contributed by atoms with Crippen LogP contribution in [0, 0.1) is 6.92 Å². The van der Waals surface area contributed by atoms with Gasteiger partial charge in [-0.1, -0.05) is 29.8 Å². The standard InChI is InChI=1S/C17H20ClN3O3/c1-11-7-8-12(24-11)10-21(2)16(22)9-15(20-17(19)23)13-5-3-4-6-14(13)18/h3-8,15H,9-10H2,1-2H3,(H3,19,20,23). The molecule has 3 N–H and O–H groups in total. The molecule has 0 bridgehead atoms. The summed E-state index contributed by atoms with van der Waals surface area (Å²) in [4.78, 5) is 25.3. The number of amides is 3. The van der Waals surface area contributed by atoms with Crippen LogP contribution in [-0.4, -0.2) is 23.9 Å². The number of urea groups is 1. The molecule has 0 saturated carbocycles. The van der Waals surface area contributed by atoms with Gasteiger partial charge in [0.15, 0.2) is 0 Å². The smallest absolute Gasteiger partial charge is 0.312 e. The molecule has 6 nitrogen and oxygen atoms in total. The lowest BCUT2D eigenvalue weighted by Gasteiger charge is -2.22. The van der Waals surface area contributed by atoms with E-state index >= 15 is 0 Å². The molecular formula is C17H20ClN3O3. The van der Waals surface area contributed by atoms with Crippen molar-refractivity contribution >= 4 is 23.5 Å². The minimum Gasteiger partial charge on any atom is -0.464 e. The maximum atomic E-state index is 12.5. The summed E-state index contributed by atoms with van der Waals surface area (Å²) >= 11 is 6.17. The van der Waals surface area contributed by atoms with Gasteiger partial charge in [-0.3, -0.25) is 4.79 Å². The minimum absolute atomic E-state index is 0.0445. The van der Waals surface area contributed by atoms with Crippen LogP contribution >= 0.6 is 11.6 Å². The van der Waals surface area contributed by atoms with Gasteiger partial charge in [0.2, 0.25) is 5.91 Å². The summed E-state index contributed by atoms with van der Waals surface area (Å²) in [7, 11) is 1.67. The molecule has 0 aliphatic heterocycles. The molecule has 0 fully saturated rings. The van der Waals surface area contributed by atoms with Crippen molar-refractivity contribution in [2.24, 2.45) is 5.73 Å². The number of aryl methyl sites for hydroxylation is 1. The van der Waals surface area contributed by atoms with Crippen molar-refractivity contribution in [1.82, 2.24) is 10.2 Å². The summed E-state index contributed by atoms with van der Waals surface area (Å²) < 4.78 is 5.47. The van der Waals surface area contributed by atoms with E-state index in [1.165, 1.54) is 4.90 Å². The topological polar surface area (TPSA) is 88.6 Å². The fourth-order valence-electron chi connectivity index (χ4n) is 2.39. The van der Waals surface area contributed by atoms with Crippen molar-refractivity contribution in [3.63, 3.8) is 0 Å². The van der Waals surface area contributed by atoms with Crippen LogP contribution in [0.3, 0.4) is 0 Å². The van der Waals surface area contributed by atoms with E-state index < -0.39 is 12.1 Å². The molecule has 0 radical (unpaired) electrons. The Bertz CT molecular complexity index is 729. The number of furan rings is 1. The Hall–Kier alpha value is -2.47. The molecule has 1 atom stereocenters. The average molecular weight is 350 g/mol. The molecule has 128 valence electrons. The van der Waals surface area contributed by atoms with Gasteiger partial charge in [-0.25, -0.2) is 4.79 Å². The van der Waals surface area contributed by atoms with Crippen LogP contribution in [0.15, 0.2) is 40.8 Å². The molecule has 3 amide bonds. The van der Waals surface area contributed by atoms with Crippen molar-refractivity contribution in [2.75, 3.05) is 7.05 Å². The van der Waals surface area contributed by atoms with E-state index in [9.17, 15) is 9.59 Å². The van der Waals surface area contributed by atoms with Crippen molar-refractivity contribution < 1.29 is 14.0 Å². The zero-order valence-electron chi connectivity index (χ0n) is 13.6. The zero-order chi connectivity index (χ0) is 17.7. The number of rotatable bonds is 6. The van der Waals surface area contributed by atoms with Crippen molar-refractivity contribution in [2.45, 2.75) is 25.9 Å². The molecule has 1 aromatic carbocycles. The largest absolute Gasteiger partial charge is 0.464 e. The Labute approximate surface area is 145 Å². The molecule has 1 aromatic heterocycles. The Balaban J connectivity index is 2.09. The molecule has 1 heterocycles. The third kappa shape index (κ3) is 4.76. The number of hydrogen-bond donors (Lipinski definition) is 2. The zero-order valence-corrected chi connectivity index (χ0v) is 14.3. The van der Waals surface area contributed by atoms with E-state index in [1.54, 1.807) is 31.3 Å². The maximum Gasteiger partial charge on any atom is 0.312 e. The highest BCUT2D eigenvalue weighted by atomic mass is 35.5. The highest BCUT2D eigenvalue weighted by Crippen LogP contribution is 2.25. The van der Waals surface area contributed by atoms with E-state index in [0.717, 1.165) is 5.76 Å². The van der Waals surface area contributed by atoms with Gasteiger partial charge in [0, 0.05) is 12.1 Å². The first-order valence-corrected chi connectivity index (χ1v) is 7.84. The predicted octanol–water partition coefficient (Wildman–Crippen LogP) is 3.00. The van der Waals surface area contributed by atoms with Crippen LogP contribution in [0.4, 0.5) is 4.79 Å².